The fourth-order valence-electron chi connectivity index (χ4n) is 2.77. The van der Waals surface area contributed by atoms with Gasteiger partial charge in [0.05, 0.1) is 24.7 Å². The first-order chi connectivity index (χ1) is 10.3. The van der Waals surface area contributed by atoms with Gasteiger partial charge in [-0.3, -0.25) is 4.79 Å². The van der Waals surface area contributed by atoms with Gasteiger partial charge in [0.1, 0.15) is 5.76 Å². The van der Waals surface area contributed by atoms with E-state index in [-0.39, 0.29) is 5.91 Å². The van der Waals surface area contributed by atoms with Crippen LogP contribution in [0.1, 0.15) is 42.3 Å². The number of ether oxygens (including phenoxy) is 2. The number of anilines is 1. The summed E-state index contributed by atoms with van der Waals surface area (Å²) in [5.74, 6) is -0.106. The van der Waals surface area contributed by atoms with Gasteiger partial charge in [0.25, 0.3) is 0 Å². The van der Waals surface area contributed by atoms with E-state index in [0.29, 0.717) is 23.5 Å². The van der Waals surface area contributed by atoms with Crippen molar-refractivity contribution in [1.29, 1.82) is 0 Å². The van der Waals surface area contributed by atoms with E-state index in [1.165, 1.54) is 7.11 Å². The molecule has 2 rings (SSSR count). The maximum absolute atomic E-state index is 12.4. The number of carbonyl (C=O) groups is 2. The largest absolute Gasteiger partial charge is 0.494 e. The molecule has 1 aromatic carbocycles. The lowest BCUT2D eigenvalue weighted by Gasteiger charge is -2.17. The Morgan fingerprint density at radius 3 is 2.50 bits per heavy atom. The second-order valence-electron chi connectivity index (χ2n) is 5.75. The molecule has 0 bridgehead atoms. The summed E-state index contributed by atoms with van der Waals surface area (Å²) in [6.45, 7) is 9.83. The molecular weight excluding hydrogens is 282 g/mol. The highest BCUT2D eigenvalue weighted by molar-refractivity contribution is 6.09. The molecule has 0 atom stereocenters. The third kappa shape index (κ3) is 2.26. The topological polar surface area (TPSA) is 55.8 Å². The minimum absolute atomic E-state index is 0.0162. The van der Waals surface area contributed by atoms with E-state index in [4.69, 9.17) is 9.47 Å². The molecular formula is C17H21NO4. The molecule has 0 saturated heterocycles. The Balaban J connectivity index is 2.70. The average Bonchev–Trinajstić information content (AvgIpc) is 2.66. The quantitative estimate of drug-likeness (QED) is 0.634. The van der Waals surface area contributed by atoms with Crippen LogP contribution in [0.15, 0.2) is 18.7 Å². The highest BCUT2D eigenvalue weighted by Gasteiger charge is 2.43. The van der Waals surface area contributed by atoms with Crippen molar-refractivity contribution in [3.05, 3.63) is 35.4 Å². The molecule has 0 aliphatic carbocycles. The maximum atomic E-state index is 12.4. The van der Waals surface area contributed by atoms with Gasteiger partial charge >= 0.3 is 5.97 Å². The number of esters is 1. The summed E-state index contributed by atoms with van der Waals surface area (Å²) in [5, 5.41) is 0. The number of carbonyl (C=O) groups excluding carboxylic acids is 2. The normalized spacial score (nSPS) is 15.5. The van der Waals surface area contributed by atoms with Crippen molar-refractivity contribution in [3.63, 3.8) is 0 Å². The minimum atomic E-state index is -0.682. The lowest BCUT2D eigenvalue weighted by molar-refractivity contribution is -0.121. The van der Waals surface area contributed by atoms with E-state index >= 15 is 0 Å². The SMILES string of the molecule is C=C(OCC)c1cc2c(cc1C(=O)OC)C(C)(C)C(=O)N2C. The van der Waals surface area contributed by atoms with Crippen LogP contribution in [-0.2, 0) is 19.7 Å². The van der Waals surface area contributed by atoms with Gasteiger partial charge in [0.15, 0.2) is 0 Å². The van der Waals surface area contributed by atoms with Crippen LogP contribution in [0.25, 0.3) is 5.76 Å². The van der Waals surface area contributed by atoms with E-state index < -0.39 is 11.4 Å². The molecule has 1 aliphatic rings. The van der Waals surface area contributed by atoms with Crippen molar-refractivity contribution in [3.8, 4) is 0 Å². The number of amides is 1. The molecule has 5 heteroatoms. The van der Waals surface area contributed by atoms with Gasteiger partial charge in [0.2, 0.25) is 5.91 Å². The number of likely N-dealkylation sites (N-methyl/N-ethyl adjacent to an activating group) is 1. The van der Waals surface area contributed by atoms with Gasteiger partial charge in [-0.25, -0.2) is 4.79 Å². The van der Waals surface area contributed by atoms with Crippen LogP contribution in [0.4, 0.5) is 5.69 Å². The van der Waals surface area contributed by atoms with E-state index in [1.807, 2.05) is 20.8 Å². The molecule has 0 saturated carbocycles. The monoisotopic (exact) mass is 303 g/mol. The molecule has 1 heterocycles. The maximum Gasteiger partial charge on any atom is 0.338 e. The predicted octanol–water partition coefficient (Wildman–Crippen LogP) is 2.73. The standard InChI is InChI=1S/C17H21NO4/c1-7-22-10(2)11-9-14-13(8-12(11)15(19)21-6)17(3,4)16(20)18(14)5/h8-9H,2,7H2,1,3-6H3. The molecule has 0 radical (unpaired) electrons. The lowest BCUT2D eigenvalue weighted by atomic mass is 9.84. The summed E-state index contributed by atoms with van der Waals surface area (Å²) in [5.41, 5.74) is 1.78. The van der Waals surface area contributed by atoms with Gasteiger partial charge in [-0.05, 0) is 38.5 Å². The van der Waals surface area contributed by atoms with Crippen LogP contribution in [-0.4, -0.2) is 32.6 Å². The summed E-state index contributed by atoms with van der Waals surface area (Å²) >= 11 is 0. The van der Waals surface area contributed by atoms with Gasteiger partial charge in [0, 0.05) is 18.3 Å². The van der Waals surface area contributed by atoms with Gasteiger partial charge in [-0.1, -0.05) is 6.58 Å². The first-order valence-electron chi connectivity index (χ1n) is 7.12. The zero-order valence-corrected chi connectivity index (χ0v) is 13.6. The van der Waals surface area contributed by atoms with Crippen LogP contribution in [0.2, 0.25) is 0 Å². The smallest absolute Gasteiger partial charge is 0.338 e. The zero-order chi connectivity index (χ0) is 16.7. The Kier molecular flexibility index (Phi) is 4.00. The van der Waals surface area contributed by atoms with E-state index in [2.05, 4.69) is 6.58 Å². The number of hydrogen-bond acceptors (Lipinski definition) is 4. The summed E-state index contributed by atoms with van der Waals surface area (Å²) in [6.07, 6.45) is 0. The fourth-order valence-corrected chi connectivity index (χ4v) is 2.77. The van der Waals surface area contributed by atoms with Crippen molar-refractivity contribution < 1.29 is 19.1 Å². The van der Waals surface area contributed by atoms with Gasteiger partial charge in [-0.15, -0.1) is 0 Å². The molecule has 5 nitrogen and oxygen atoms in total. The Morgan fingerprint density at radius 1 is 1.32 bits per heavy atom. The highest BCUT2D eigenvalue weighted by Crippen LogP contribution is 2.43. The summed E-state index contributed by atoms with van der Waals surface area (Å²) in [6, 6.07) is 3.48. The van der Waals surface area contributed by atoms with Crippen LogP contribution >= 0.6 is 0 Å². The molecule has 118 valence electrons. The molecule has 0 unspecified atom stereocenters. The fraction of sp³-hybridized carbons (Fsp3) is 0.412. The first kappa shape index (κ1) is 16.1. The molecule has 0 spiro atoms. The van der Waals surface area contributed by atoms with Crippen molar-refractivity contribution in [1.82, 2.24) is 0 Å². The third-order valence-corrected chi connectivity index (χ3v) is 4.03. The van der Waals surface area contributed by atoms with Crippen LogP contribution in [0, 0.1) is 0 Å². The van der Waals surface area contributed by atoms with Crippen molar-refractivity contribution in [2.45, 2.75) is 26.2 Å². The van der Waals surface area contributed by atoms with E-state index in [9.17, 15) is 9.59 Å². The molecule has 1 amide bonds. The second-order valence-corrected chi connectivity index (χ2v) is 5.75. The van der Waals surface area contributed by atoms with Crippen LogP contribution in [0.5, 0.6) is 0 Å². The number of nitrogens with zero attached hydrogens (tertiary/aromatic N) is 1. The Bertz CT molecular complexity index is 661. The van der Waals surface area contributed by atoms with E-state index in [1.54, 1.807) is 24.1 Å². The molecule has 0 aromatic heterocycles. The number of rotatable bonds is 4. The summed E-state index contributed by atoms with van der Waals surface area (Å²) in [4.78, 5) is 26.1. The minimum Gasteiger partial charge on any atom is -0.494 e. The van der Waals surface area contributed by atoms with Crippen molar-refractivity contribution in [2.24, 2.45) is 0 Å². The van der Waals surface area contributed by atoms with Gasteiger partial charge in [-0.2, -0.15) is 0 Å². The van der Waals surface area contributed by atoms with Crippen molar-refractivity contribution in [2.75, 3.05) is 25.7 Å². The lowest BCUT2D eigenvalue weighted by Crippen LogP contribution is -2.33. The molecule has 1 aliphatic heterocycles. The van der Waals surface area contributed by atoms with E-state index in [0.717, 1.165) is 11.3 Å². The number of methoxy groups -OCH3 is 1. The zero-order valence-electron chi connectivity index (χ0n) is 13.6. The number of hydrogen-bond donors (Lipinski definition) is 0. The second kappa shape index (κ2) is 5.48. The van der Waals surface area contributed by atoms with Gasteiger partial charge < -0.3 is 14.4 Å². The molecule has 0 N–H and O–H groups in total. The highest BCUT2D eigenvalue weighted by atomic mass is 16.5. The van der Waals surface area contributed by atoms with Crippen LogP contribution in [0.3, 0.4) is 0 Å². The third-order valence-electron chi connectivity index (χ3n) is 4.03. The Labute approximate surface area is 130 Å². The number of benzene rings is 1. The van der Waals surface area contributed by atoms with Crippen LogP contribution < -0.4 is 4.90 Å². The first-order valence-corrected chi connectivity index (χ1v) is 7.12. The van der Waals surface area contributed by atoms with Crippen molar-refractivity contribution >= 4 is 23.3 Å². The summed E-state index contributed by atoms with van der Waals surface area (Å²) in [7, 11) is 3.05. The Morgan fingerprint density at radius 2 is 1.95 bits per heavy atom. The Hall–Kier alpha value is -2.30. The predicted molar refractivity (Wildman–Crippen MR) is 84.9 cm³/mol. The molecule has 22 heavy (non-hydrogen) atoms. The molecule has 0 fully saturated rings. The average molecular weight is 303 g/mol. The summed E-state index contributed by atoms with van der Waals surface area (Å²) < 4.78 is 10.3. The molecule has 1 aromatic rings. The number of fused-ring (bicyclic) bond motifs is 1.